The van der Waals surface area contributed by atoms with Gasteiger partial charge in [-0.25, -0.2) is 18.9 Å². The minimum absolute atomic E-state index is 0.122. The Kier molecular flexibility index (Phi) is 10.3. The van der Waals surface area contributed by atoms with Gasteiger partial charge in [0.25, 0.3) is 17.3 Å². The third kappa shape index (κ3) is 8.07. The number of nitrogens with one attached hydrogen (secondary N) is 1. The summed E-state index contributed by atoms with van der Waals surface area (Å²) >= 11 is 8.89. The average molecular weight is 656 g/mol. The van der Waals surface area contributed by atoms with Crippen molar-refractivity contribution in [3.8, 4) is 11.6 Å². The van der Waals surface area contributed by atoms with E-state index in [1.54, 1.807) is 32.0 Å². The van der Waals surface area contributed by atoms with Crippen molar-refractivity contribution >= 4 is 47.2 Å². The van der Waals surface area contributed by atoms with Crippen molar-refractivity contribution in [3.63, 3.8) is 0 Å². The zero-order valence-electron chi connectivity index (χ0n) is 20.8. The second kappa shape index (κ2) is 12.9. The van der Waals surface area contributed by atoms with E-state index in [2.05, 4.69) is 31.0 Å². The van der Waals surface area contributed by atoms with Gasteiger partial charge in [-0.15, -0.1) is 0 Å². The third-order valence-electron chi connectivity index (χ3n) is 4.96. The fourth-order valence-corrected chi connectivity index (χ4v) is 5.18. The molecule has 6 atom stereocenters. The number of para-hydroxylation sites is 1. The molecule has 2 aromatic rings. The van der Waals surface area contributed by atoms with Crippen LogP contribution in [0.3, 0.4) is 0 Å². The second-order valence-corrected chi connectivity index (χ2v) is 11.6. The number of nitrogens with two attached hydrogens (primary N) is 1. The topological polar surface area (TPSA) is 181 Å². The van der Waals surface area contributed by atoms with Crippen LogP contribution in [-0.4, -0.2) is 69.3 Å². The zero-order valence-corrected chi connectivity index (χ0v) is 24.1. The molecule has 17 heteroatoms. The molecule has 13 nitrogen and oxygen atoms in total. The van der Waals surface area contributed by atoms with Gasteiger partial charge in [0.2, 0.25) is 5.88 Å². The van der Waals surface area contributed by atoms with Crippen LogP contribution >= 0.6 is 35.3 Å². The van der Waals surface area contributed by atoms with Crippen molar-refractivity contribution in [3.05, 3.63) is 46.8 Å². The van der Waals surface area contributed by atoms with Gasteiger partial charge in [0.15, 0.2) is 5.69 Å². The molecule has 1 fully saturated rings. The number of amides is 1. The number of rotatable bonds is 12. The SMILES string of the molecule is CC(C)OC(=O)C(C)NP(=O)(OC[C@H]1O[C@@H](Oc2ncc(Br)nc2C(N)=O)[C@@](F)(Cl)[C@@H]1O)Oc1ccccc1. The maximum Gasteiger partial charge on any atom is 0.459 e. The Morgan fingerprint density at radius 3 is 2.62 bits per heavy atom. The predicted molar refractivity (Wildman–Crippen MR) is 138 cm³/mol. The van der Waals surface area contributed by atoms with Crippen molar-refractivity contribution in [2.45, 2.75) is 56.5 Å². The maximum atomic E-state index is 15.3. The lowest BCUT2D eigenvalue weighted by molar-refractivity contribution is -0.149. The summed E-state index contributed by atoms with van der Waals surface area (Å²) in [4.78, 5) is 31.6. The molecule has 1 aromatic heterocycles. The van der Waals surface area contributed by atoms with Gasteiger partial charge >= 0.3 is 13.7 Å². The summed E-state index contributed by atoms with van der Waals surface area (Å²) in [5.74, 6) is -2.16. The largest absolute Gasteiger partial charge is 0.462 e. The first kappa shape index (κ1) is 31.1. The fraction of sp³-hybridized carbons (Fsp3) is 0.455. The van der Waals surface area contributed by atoms with Crippen LogP contribution in [0.25, 0.3) is 0 Å². The van der Waals surface area contributed by atoms with Gasteiger partial charge < -0.3 is 29.6 Å². The van der Waals surface area contributed by atoms with Crippen LogP contribution in [0.5, 0.6) is 11.6 Å². The summed E-state index contributed by atoms with van der Waals surface area (Å²) in [6, 6.07) is 6.74. The molecular formula is C22H26BrClFN4O9P. The molecule has 2 heterocycles. The Balaban J connectivity index is 1.77. The van der Waals surface area contributed by atoms with Crippen LogP contribution in [-0.2, 0) is 23.4 Å². The molecule has 4 N–H and O–H groups in total. The number of hydrogen-bond donors (Lipinski definition) is 3. The molecule has 1 amide bonds. The van der Waals surface area contributed by atoms with Crippen LogP contribution in [0.2, 0.25) is 0 Å². The van der Waals surface area contributed by atoms with Gasteiger partial charge in [-0.2, -0.15) is 5.09 Å². The molecule has 1 saturated heterocycles. The van der Waals surface area contributed by atoms with Crippen molar-refractivity contribution < 1.29 is 46.9 Å². The minimum Gasteiger partial charge on any atom is -0.462 e. The van der Waals surface area contributed by atoms with E-state index in [4.69, 9.17) is 40.6 Å². The van der Waals surface area contributed by atoms with Gasteiger partial charge in [-0.1, -0.05) is 29.8 Å². The summed E-state index contributed by atoms with van der Waals surface area (Å²) in [6.45, 7) is 3.91. The Morgan fingerprint density at radius 2 is 2.00 bits per heavy atom. The van der Waals surface area contributed by atoms with Crippen LogP contribution < -0.4 is 20.1 Å². The lowest BCUT2D eigenvalue weighted by Gasteiger charge is -2.25. The molecule has 2 unspecified atom stereocenters. The monoisotopic (exact) mass is 654 g/mol. The average Bonchev–Trinajstić information content (AvgIpc) is 3.06. The van der Waals surface area contributed by atoms with Gasteiger partial charge in [-0.05, 0) is 48.8 Å². The molecule has 0 saturated carbocycles. The van der Waals surface area contributed by atoms with Gasteiger partial charge in [0.1, 0.15) is 28.6 Å². The number of aliphatic hydroxyl groups excluding tert-OH is 1. The molecule has 0 aliphatic carbocycles. The number of ether oxygens (including phenoxy) is 3. The normalized spacial score (nSPS) is 25.1. The summed E-state index contributed by atoms with van der Waals surface area (Å²) < 4.78 is 55.7. The second-order valence-electron chi connectivity index (χ2n) is 8.49. The Morgan fingerprint density at radius 1 is 1.33 bits per heavy atom. The molecule has 214 valence electrons. The lowest BCUT2D eigenvalue weighted by atomic mass is 10.1. The standard InChI is InChI=1S/C22H26BrClFN4O9P/c1-11(2)35-20(32)12(3)29-39(33,38-13-7-5-4-6-8-13)34-10-14-17(30)22(24,25)21(36-14)37-19-16(18(26)31)28-15(23)9-27-19/h4-9,11-12,14,17,21,30H,10H2,1-3H3,(H2,26,31)(H,29,33)/t12?,14-,17-,21+,22-,39?/m1/s1. The molecule has 1 aliphatic heterocycles. The van der Waals surface area contributed by atoms with E-state index in [0.717, 1.165) is 6.20 Å². The number of alkyl halides is 2. The maximum absolute atomic E-state index is 15.3. The molecule has 0 radical (unpaired) electrons. The number of benzene rings is 1. The molecule has 1 aliphatic rings. The first-order chi connectivity index (χ1) is 18.2. The van der Waals surface area contributed by atoms with E-state index in [1.807, 2.05) is 0 Å². The summed E-state index contributed by atoms with van der Waals surface area (Å²) in [5.41, 5.74) is 4.81. The number of aromatic nitrogens is 2. The highest BCUT2D eigenvalue weighted by molar-refractivity contribution is 9.10. The Labute approximate surface area is 236 Å². The number of primary amides is 1. The number of aliphatic hydroxyl groups is 1. The molecular weight excluding hydrogens is 630 g/mol. The number of esters is 1. The number of halogens is 3. The van der Waals surface area contributed by atoms with Crippen LogP contribution in [0.15, 0.2) is 41.1 Å². The number of carbonyl (C=O) groups is 2. The van der Waals surface area contributed by atoms with Gasteiger partial charge in [0.05, 0.1) is 18.9 Å². The van der Waals surface area contributed by atoms with Crippen LogP contribution in [0.1, 0.15) is 31.3 Å². The first-order valence-corrected chi connectivity index (χ1v) is 14.1. The number of carbonyl (C=O) groups excluding carboxylic acids is 2. The smallest absolute Gasteiger partial charge is 0.459 e. The van der Waals surface area contributed by atoms with E-state index in [-0.39, 0.29) is 10.4 Å². The van der Waals surface area contributed by atoms with Crippen LogP contribution in [0.4, 0.5) is 4.39 Å². The highest BCUT2D eigenvalue weighted by atomic mass is 79.9. The highest BCUT2D eigenvalue weighted by Gasteiger charge is 2.59. The lowest BCUT2D eigenvalue weighted by Crippen LogP contribution is -2.42. The molecule has 0 spiro atoms. The summed E-state index contributed by atoms with van der Waals surface area (Å²) in [5, 5.41) is 9.88. The zero-order chi connectivity index (χ0) is 29.0. The van der Waals surface area contributed by atoms with Crippen molar-refractivity contribution in [1.29, 1.82) is 0 Å². The summed E-state index contributed by atoms with van der Waals surface area (Å²) in [7, 11) is -4.37. The fourth-order valence-electron chi connectivity index (χ4n) is 3.16. The number of hydrogen-bond acceptors (Lipinski definition) is 11. The van der Waals surface area contributed by atoms with E-state index >= 15 is 4.39 Å². The molecule has 0 bridgehead atoms. The van der Waals surface area contributed by atoms with E-state index in [0.29, 0.717) is 0 Å². The third-order valence-corrected chi connectivity index (χ3v) is 7.38. The quantitative estimate of drug-likeness (QED) is 0.173. The molecule has 3 rings (SSSR count). The van der Waals surface area contributed by atoms with E-state index < -0.39 is 73.6 Å². The van der Waals surface area contributed by atoms with Crippen molar-refractivity contribution in [2.24, 2.45) is 5.73 Å². The van der Waals surface area contributed by atoms with E-state index in [9.17, 15) is 19.3 Å². The minimum atomic E-state index is -4.37. The first-order valence-electron chi connectivity index (χ1n) is 11.4. The van der Waals surface area contributed by atoms with Crippen LogP contribution in [0, 0.1) is 0 Å². The molecule has 1 aromatic carbocycles. The van der Waals surface area contributed by atoms with Gasteiger partial charge in [-0.3, -0.25) is 14.1 Å². The van der Waals surface area contributed by atoms with Gasteiger partial charge in [0, 0.05) is 0 Å². The van der Waals surface area contributed by atoms with E-state index in [1.165, 1.54) is 19.1 Å². The van der Waals surface area contributed by atoms with Crippen molar-refractivity contribution in [2.75, 3.05) is 6.61 Å². The van der Waals surface area contributed by atoms with Crippen molar-refractivity contribution in [1.82, 2.24) is 15.1 Å². The highest BCUT2D eigenvalue weighted by Crippen LogP contribution is 2.47. The number of nitrogens with zero attached hydrogens (tertiary/aromatic N) is 2. The predicted octanol–water partition coefficient (Wildman–Crippen LogP) is 2.84. The Bertz CT molecular complexity index is 1230. The molecule has 39 heavy (non-hydrogen) atoms. The Hall–Kier alpha value is -2.39. The summed E-state index contributed by atoms with van der Waals surface area (Å²) in [6.07, 6.45) is -4.93.